The van der Waals surface area contributed by atoms with E-state index in [0.29, 0.717) is 11.4 Å². The summed E-state index contributed by atoms with van der Waals surface area (Å²) >= 11 is 0. The van der Waals surface area contributed by atoms with Gasteiger partial charge in [0.2, 0.25) is 0 Å². The molecule has 0 aliphatic heterocycles. The Morgan fingerprint density at radius 3 is 1.35 bits per heavy atom. The number of rotatable bonds is 3. The van der Waals surface area contributed by atoms with Crippen LogP contribution in [0, 0.1) is 0 Å². The summed E-state index contributed by atoms with van der Waals surface area (Å²) in [5.74, 6) is 0. The van der Waals surface area contributed by atoms with E-state index in [0.717, 1.165) is 0 Å². The topological polar surface area (TPSA) is 130 Å². The Balaban J connectivity index is 0.000000464. The second kappa shape index (κ2) is 7.72. The quantitative estimate of drug-likeness (QED) is 0.597. The van der Waals surface area contributed by atoms with Crippen molar-refractivity contribution in [3.63, 3.8) is 0 Å². The molecule has 0 aliphatic carbocycles. The van der Waals surface area contributed by atoms with E-state index in [1.54, 1.807) is 7.05 Å². The lowest BCUT2D eigenvalue weighted by atomic mass is 10.1. The van der Waals surface area contributed by atoms with E-state index >= 15 is 0 Å². The zero-order valence-corrected chi connectivity index (χ0v) is 15.7. The van der Waals surface area contributed by atoms with Crippen LogP contribution in [0.4, 0.5) is 22.7 Å². The minimum atomic E-state index is -0.582. The summed E-state index contributed by atoms with van der Waals surface area (Å²) in [5, 5.41) is 8.55. The predicted octanol–water partition coefficient (Wildman–Crippen LogP) is 1.25. The van der Waals surface area contributed by atoms with Gasteiger partial charge in [-0.1, -0.05) is 7.43 Å². The Hall–Kier alpha value is -2.64. The van der Waals surface area contributed by atoms with Crippen molar-refractivity contribution < 1.29 is 0 Å². The first-order chi connectivity index (χ1) is 11.2. The monoisotopic (exact) mass is 366 g/mol. The molecule has 0 bridgehead atoms. The first kappa shape index (κ1) is 23.4. The van der Waals surface area contributed by atoms with Crippen molar-refractivity contribution in [2.24, 2.45) is 0 Å². The van der Waals surface area contributed by atoms with Crippen molar-refractivity contribution in [1.82, 2.24) is 0 Å². The van der Waals surface area contributed by atoms with Gasteiger partial charge in [-0.2, -0.15) is 0 Å². The fourth-order valence-electron chi connectivity index (χ4n) is 2.03. The number of nitrogens with one attached hydrogen (secondary N) is 3. The van der Waals surface area contributed by atoms with Crippen LogP contribution in [0.25, 0.3) is 0 Å². The van der Waals surface area contributed by atoms with Gasteiger partial charge in [0.05, 0.1) is 0 Å². The Kier molecular flexibility index (Phi) is 6.93. The lowest BCUT2D eigenvalue weighted by molar-refractivity contribution is 0.632. The average Bonchev–Trinajstić information content (AvgIpc) is 2.49. The summed E-state index contributed by atoms with van der Waals surface area (Å²) in [5.41, 5.74) is 4.01. The highest BCUT2D eigenvalue weighted by molar-refractivity contribution is 5.74. The molecule has 5 N–H and O–H groups in total. The predicted molar refractivity (Wildman–Crippen MR) is 110 cm³/mol. The van der Waals surface area contributed by atoms with Crippen LogP contribution in [0.15, 0.2) is 19.2 Å². The molecule has 0 aromatic heterocycles. The zero-order valence-electron chi connectivity index (χ0n) is 15.7. The molecule has 0 spiro atoms. The molecule has 8 heteroatoms. The third kappa shape index (κ3) is 5.18. The molecule has 26 heavy (non-hydrogen) atoms. The van der Waals surface area contributed by atoms with Gasteiger partial charge in [-0.25, -0.2) is 0 Å². The Bertz CT molecular complexity index is 900. The maximum absolute atomic E-state index is 11.1. The number of anilines is 4. The Morgan fingerprint density at radius 2 is 1.00 bits per heavy atom. The molecule has 0 heterocycles. The molecule has 8 nitrogen and oxygen atoms in total. The van der Waals surface area contributed by atoms with Crippen LogP contribution < -0.4 is 43.4 Å². The van der Waals surface area contributed by atoms with Gasteiger partial charge in [0.25, 0.3) is 21.7 Å². The van der Waals surface area contributed by atoms with E-state index in [-0.39, 0.29) is 29.9 Å². The summed E-state index contributed by atoms with van der Waals surface area (Å²) < 4.78 is 0. The van der Waals surface area contributed by atoms with E-state index in [9.17, 15) is 19.2 Å². The molecule has 0 saturated carbocycles. The molecule has 2 rings (SSSR count). The van der Waals surface area contributed by atoms with Crippen molar-refractivity contribution in [3.8, 4) is 0 Å². The first-order valence-electron chi connectivity index (χ1n) is 7.86. The molecular weight excluding hydrogens is 336 g/mol. The van der Waals surface area contributed by atoms with E-state index in [1.165, 1.54) is 0 Å². The second-order valence-electron chi connectivity index (χ2n) is 7.86. The SMILES string of the molecule is C.CC(C)(C)Nc1c(N)c(=O)c1=O.CNc1c(NC(C)(C)C)c(=O)c1=O. The van der Waals surface area contributed by atoms with Crippen LogP contribution in [0.1, 0.15) is 49.0 Å². The van der Waals surface area contributed by atoms with Crippen molar-refractivity contribution in [2.75, 3.05) is 28.7 Å². The van der Waals surface area contributed by atoms with Gasteiger partial charge in [0, 0.05) is 18.1 Å². The van der Waals surface area contributed by atoms with Crippen LogP contribution in [0.3, 0.4) is 0 Å². The zero-order chi connectivity index (χ0) is 19.7. The van der Waals surface area contributed by atoms with E-state index in [2.05, 4.69) is 16.0 Å². The number of nitrogen functional groups attached to an aromatic ring is 1. The third-order valence-electron chi connectivity index (χ3n) is 3.11. The van der Waals surface area contributed by atoms with Gasteiger partial charge in [-0.15, -0.1) is 0 Å². The summed E-state index contributed by atoms with van der Waals surface area (Å²) in [7, 11) is 1.63. The fraction of sp³-hybridized carbons (Fsp3) is 0.556. The third-order valence-corrected chi connectivity index (χ3v) is 3.11. The van der Waals surface area contributed by atoms with Crippen LogP contribution in [0.5, 0.6) is 0 Å². The number of hydrogen-bond donors (Lipinski definition) is 4. The minimum Gasteiger partial charge on any atom is -0.394 e. The Labute approximate surface area is 153 Å². The van der Waals surface area contributed by atoms with Gasteiger partial charge >= 0.3 is 0 Å². The van der Waals surface area contributed by atoms with E-state index < -0.39 is 21.7 Å². The molecular formula is C18H30N4O4. The highest BCUT2D eigenvalue weighted by atomic mass is 16.2. The van der Waals surface area contributed by atoms with Gasteiger partial charge in [-0.3, -0.25) is 19.2 Å². The lowest BCUT2D eigenvalue weighted by Gasteiger charge is -2.24. The van der Waals surface area contributed by atoms with Crippen LogP contribution >= 0.6 is 0 Å². The van der Waals surface area contributed by atoms with Crippen molar-refractivity contribution >= 4 is 22.7 Å². The van der Waals surface area contributed by atoms with Crippen molar-refractivity contribution in [3.05, 3.63) is 40.9 Å². The van der Waals surface area contributed by atoms with E-state index in [4.69, 9.17) is 5.73 Å². The minimum absolute atomic E-state index is 0. The molecule has 0 fully saturated rings. The molecule has 0 radical (unpaired) electrons. The van der Waals surface area contributed by atoms with Gasteiger partial charge in [0.1, 0.15) is 22.7 Å². The Morgan fingerprint density at radius 1 is 0.654 bits per heavy atom. The van der Waals surface area contributed by atoms with E-state index in [1.807, 2.05) is 41.5 Å². The molecule has 2 aromatic carbocycles. The summed E-state index contributed by atoms with van der Waals surface area (Å²) in [6, 6.07) is 0. The highest BCUT2D eigenvalue weighted by Crippen LogP contribution is 2.18. The molecule has 0 unspecified atom stereocenters. The van der Waals surface area contributed by atoms with Crippen LogP contribution in [-0.2, 0) is 0 Å². The van der Waals surface area contributed by atoms with Crippen LogP contribution in [-0.4, -0.2) is 18.1 Å². The molecule has 0 amide bonds. The molecule has 0 aliphatic rings. The summed E-state index contributed by atoms with van der Waals surface area (Å²) in [4.78, 5) is 43.7. The fourth-order valence-corrected chi connectivity index (χ4v) is 2.03. The highest BCUT2D eigenvalue weighted by Gasteiger charge is 2.23. The van der Waals surface area contributed by atoms with Gasteiger partial charge in [0.15, 0.2) is 0 Å². The lowest BCUT2D eigenvalue weighted by Crippen LogP contribution is -2.41. The van der Waals surface area contributed by atoms with Crippen molar-refractivity contribution in [2.45, 2.75) is 60.0 Å². The summed E-state index contributed by atoms with van der Waals surface area (Å²) in [6.07, 6.45) is 0. The first-order valence-corrected chi connectivity index (χ1v) is 7.86. The largest absolute Gasteiger partial charge is 0.394 e. The molecule has 2 aromatic rings. The number of nitrogens with two attached hydrogens (primary N) is 1. The molecule has 0 saturated heterocycles. The molecule has 0 atom stereocenters. The molecule has 146 valence electrons. The van der Waals surface area contributed by atoms with Crippen LogP contribution in [0.2, 0.25) is 0 Å². The smallest absolute Gasteiger partial charge is 0.253 e. The standard InChI is InChI=1S/C9H14N2O2.C8H12N2O2.CH4/c1-9(2,3)11-6-5(10-4)7(12)8(6)13;1-8(2,3)10-5-4(9)6(11)7(5)12;/h10-11H,1-4H3;10H,9H2,1-3H3;1H4. The van der Waals surface area contributed by atoms with Gasteiger partial charge in [-0.05, 0) is 41.5 Å². The maximum Gasteiger partial charge on any atom is 0.253 e. The van der Waals surface area contributed by atoms with Gasteiger partial charge < -0.3 is 21.7 Å². The van der Waals surface area contributed by atoms with Crippen molar-refractivity contribution in [1.29, 1.82) is 0 Å². The maximum atomic E-state index is 11.1. The summed E-state index contributed by atoms with van der Waals surface area (Å²) in [6.45, 7) is 11.5. The second-order valence-corrected chi connectivity index (χ2v) is 7.86. The number of hydrogen-bond acceptors (Lipinski definition) is 8. The normalized spacial score (nSPS) is 11.3. The average molecular weight is 366 g/mol.